The topological polar surface area (TPSA) is 92.5 Å². The second-order valence-electron chi connectivity index (χ2n) is 3.51. The molecule has 0 unspecified atom stereocenters. The molecule has 14 heavy (non-hydrogen) atoms. The van der Waals surface area contributed by atoms with Crippen molar-refractivity contribution in [3.63, 3.8) is 0 Å². The Labute approximate surface area is 80.7 Å². The Balaban J connectivity index is 3.03. The molecule has 0 aromatic rings. The lowest BCUT2D eigenvalue weighted by Crippen LogP contribution is -2.41. The zero-order chi connectivity index (χ0) is 11.1. The van der Waals surface area contributed by atoms with Crippen molar-refractivity contribution in [2.45, 2.75) is 19.4 Å². The molecule has 6 heteroatoms. The fraction of sp³-hybridized carbons (Fsp3) is 0.375. The number of primary amides is 1. The number of amides is 4. The lowest BCUT2D eigenvalue weighted by molar-refractivity contribution is -0.130. The number of carbonyl (C=O) groups is 3. The smallest absolute Gasteiger partial charge is 0.329 e. The van der Waals surface area contributed by atoms with Gasteiger partial charge in [-0.1, -0.05) is 6.58 Å². The van der Waals surface area contributed by atoms with E-state index in [1.807, 2.05) is 0 Å². The van der Waals surface area contributed by atoms with Crippen LogP contribution in [-0.4, -0.2) is 28.3 Å². The molecule has 0 aromatic carbocycles. The predicted octanol–water partition coefficient (Wildman–Crippen LogP) is -0.684. The van der Waals surface area contributed by atoms with Crippen molar-refractivity contribution in [1.29, 1.82) is 0 Å². The number of rotatable bonds is 2. The average molecular weight is 197 g/mol. The molecule has 0 radical (unpaired) electrons. The Morgan fingerprint density at radius 3 is 2.29 bits per heavy atom. The molecule has 1 aliphatic heterocycles. The van der Waals surface area contributed by atoms with Crippen LogP contribution in [0.15, 0.2) is 12.3 Å². The van der Waals surface area contributed by atoms with Gasteiger partial charge in [0.05, 0.1) is 0 Å². The van der Waals surface area contributed by atoms with E-state index in [1.165, 1.54) is 13.8 Å². The van der Waals surface area contributed by atoms with Gasteiger partial charge < -0.3 is 11.1 Å². The first-order chi connectivity index (χ1) is 6.27. The summed E-state index contributed by atoms with van der Waals surface area (Å²) in [5.74, 6) is -1.43. The number of carbonyl (C=O) groups excluding carboxylic acids is 3. The minimum Gasteiger partial charge on any atom is -0.364 e. The Kier molecular flexibility index (Phi) is 2.07. The first-order valence-electron chi connectivity index (χ1n) is 3.93. The van der Waals surface area contributed by atoms with Crippen molar-refractivity contribution >= 4 is 17.8 Å². The molecule has 1 heterocycles. The molecule has 0 aromatic heterocycles. The molecule has 6 nitrogen and oxygen atoms in total. The van der Waals surface area contributed by atoms with Crippen LogP contribution in [0.3, 0.4) is 0 Å². The molecule has 0 aliphatic carbocycles. The summed E-state index contributed by atoms with van der Waals surface area (Å²) >= 11 is 0. The standard InChI is InChI=1S/C8H11N3O3/c1-4(5(9)12)11-6(13)8(2,3)10-7(11)14/h1H2,2-3H3,(H2,9,12)(H,10,14). The molecular formula is C8H11N3O3. The Morgan fingerprint density at radius 1 is 1.50 bits per heavy atom. The molecule has 1 fully saturated rings. The number of imide groups is 1. The maximum Gasteiger partial charge on any atom is 0.329 e. The first-order valence-corrected chi connectivity index (χ1v) is 3.93. The van der Waals surface area contributed by atoms with E-state index in [0.717, 1.165) is 0 Å². The van der Waals surface area contributed by atoms with E-state index in [0.29, 0.717) is 4.90 Å². The molecule has 1 aliphatic rings. The van der Waals surface area contributed by atoms with Crippen molar-refractivity contribution in [3.05, 3.63) is 12.3 Å². The molecule has 0 saturated carbocycles. The van der Waals surface area contributed by atoms with E-state index in [-0.39, 0.29) is 5.70 Å². The van der Waals surface area contributed by atoms with E-state index in [4.69, 9.17) is 5.73 Å². The molecular weight excluding hydrogens is 186 g/mol. The summed E-state index contributed by atoms with van der Waals surface area (Å²) in [6, 6.07) is -0.677. The van der Waals surface area contributed by atoms with Crippen LogP contribution in [0.1, 0.15) is 13.8 Å². The third kappa shape index (κ3) is 1.34. The number of hydrogen-bond acceptors (Lipinski definition) is 3. The van der Waals surface area contributed by atoms with Crippen LogP contribution in [-0.2, 0) is 9.59 Å². The van der Waals surface area contributed by atoms with E-state index in [2.05, 4.69) is 11.9 Å². The summed E-state index contributed by atoms with van der Waals surface area (Å²) in [5.41, 5.74) is 3.58. The molecule has 76 valence electrons. The minimum atomic E-state index is -1.02. The van der Waals surface area contributed by atoms with E-state index in [9.17, 15) is 14.4 Å². The van der Waals surface area contributed by atoms with Gasteiger partial charge in [0.25, 0.3) is 11.8 Å². The van der Waals surface area contributed by atoms with Gasteiger partial charge in [-0.05, 0) is 13.8 Å². The summed E-state index contributed by atoms with van der Waals surface area (Å²) in [5, 5.41) is 2.40. The first kappa shape index (κ1) is 10.2. The third-order valence-corrected chi connectivity index (χ3v) is 1.91. The summed E-state index contributed by atoms with van der Waals surface area (Å²) in [7, 11) is 0. The normalized spacial score (nSPS) is 19.4. The second kappa shape index (κ2) is 2.83. The van der Waals surface area contributed by atoms with Crippen LogP contribution in [0.4, 0.5) is 4.79 Å². The van der Waals surface area contributed by atoms with Crippen molar-refractivity contribution in [2.75, 3.05) is 0 Å². The van der Waals surface area contributed by atoms with Crippen LogP contribution in [0.25, 0.3) is 0 Å². The summed E-state index contributed by atoms with van der Waals surface area (Å²) < 4.78 is 0. The lowest BCUT2D eigenvalue weighted by atomic mass is 10.1. The number of urea groups is 1. The number of nitrogens with one attached hydrogen (secondary N) is 1. The largest absolute Gasteiger partial charge is 0.364 e. The molecule has 0 spiro atoms. The van der Waals surface area contributed by atoms with Gasteiger partial charge in [-0.3, -0.25) is 9.59 Å². The highest BCUT2D eigenvalue weighted by molar-refractivity contribution is 6.12. The van der Waals surface area contributed by atoms with Crippen molar-refractivity contribution in [2.24, 2.45) is 5.73 Å². The molecule has 3 N–H and O–H groups in total. The van der Waals surface area contributed by atoms with Gasteiger partial charge in [0.2, 0.25) is 0 Å². The van der Waals surface area contributed by atoms with Crippen molar-refractivity contribution < 1.29 is 14.4 Å². The Bertz CT molecular complexity index is 346. The zero-order valence-corrected chi connectivity index (χ0v) is 7.96. The summed E-state index contributed by atoms with van der Waals surface area (Å²) in [4.78, 5) is 34.2. The fourth-order valence-electron chi connectivity index (χ4n) is 1.10. The number of hydrogen-bond donors (Lipinski definition) is 2. The molecule has 1 rings (SSSR count). The quantitative estimate of drug-likeness (QED) is 0.453. The fourth-order valence-corrected chi connectivity index (χ4v) is 1.10. The highest BCUT2D eigenvalue weighted by Gasteiger charge is 2.46. The number of nitrogens with two attached hydrogens (primary N) is 1. The zero-order valence-electron chi connectivity index (χ0n) is 7.96. The highest BCUT2D eigenvalue weighted by atomic mass is 16.2. The van der Waals surface area contributed by atoms with Crippen LogP contribution in [0.5, 0.6) is 0 Å². The molecule has 0 atom stereocenters. The molecule has 1 saturated heterocycles. The van der Waals surface area contributed by atoms with Gasteiger partial charge in [-0.2, -0.15) is 0 Å². The maximum atomic E-state index is 11.6. The van der Waals surface area contributed by atoms with Crippen LogP contribution in [0, 0.1) is 0 Å². The Morgan fingerprint density at radius 2 is 2.00 bits per heavy atom. The predicted molar refractivity (Wildman–Crippen MR) is 47.8 cm³/mol. The summed E-state index contributed by atoms with van der Waals surface area (Å²) in [6.45, 7) is 6.33. The summed E-state index contributed by atoms with van der Waals surface area (Å²) in [6.07, 6.45) is 0. The van der Waals surface area contributed by atoms with Gasteiger partial charge in [0.15, 0.2) is 0 Å². The third-order valence-electron chi connectivity index (χ3n) is 1.91. The van der Waals surface area contributed by atoms with Gasteiger partial charge in [-0.15, -0.1) is 0 Å². The van der Waals surface area contributed by atoms with Gasteiger partial charge in [0.1, 0.15) is 11.2 Å². The SMILES string of the molecule is C=C(C(N)=O)N1C(=O)NC(C)(C)C1=O. The molecule has 0 bridgehead atoms. The maximum absolute atomic E-state index is 11.6. The molecule has 4 amide bonds. The highest BCUT2D eigenvalue weighted by Crippen LogP contribution is 2.19. The van der Waals surface area contributed by atoms with E-state index >= 15 is 0 Å². The van der Waals surface area contributed by atoms with Gasteiger partial charge in [0, 0.05) is 0 Å². The van der Waals surface area contributed by atoms with Crippen LogP contribution in [0.2, 0.25) is 0 Å². The van der Waals surface area contributed by atoms with Crippen molar-refractivity contribution in [1.82, 2.24) is 10.2 Å². The van der Waals surface area contributed by atoms with Gasteiger partial charge >= 0.3 is 6.03 Å². The van der Waals surface area contributed by atoms with E-state index < -0.39 is 23.4 Å². The lowest BCUT2D eigenvalue weighted by Gasteiger charge is -2.15. The second-order valence-corrected chi connectivity index (χ2v) is 3.51. The van der Waals surface area contributed by atoms with Crippen LogP contribution < -0.4 is 11.1 Å². The van der Waals surface area contributed by atoms with E-state index in [1.54, 1.807) is 0 Å². The monoisotopic (exact) mass is 197 g/mol. The average Bonchev–Trinajstić information content (AvgIpc) is 2.21. The Hall–Kier alpha value is -1.85. The van der Waals surface area contributed by atoms with Crippen molar-refractivity contribution in [3.8, 4) is 0 Å². The number of nitrogens with zero attached hydrogens (tertiary/aromatic N) is 1. The van der Waals surface area contributed by atoms with Gasteiger partial charge in [-0.25, -0.2) is 9.69 Å². The minimum absolute atomic E-state index is 0.321. The van der Waals surface area contributed by atoms with Crippen LogP contribution >= 0.6 is 0 Å².